The lowest BCUT2D eigenvalue weighted by molar-refractivity contribution is -0.0384. The molecule has 0 N–H and O–H groups in total. The van der Waals surface area contributed by atoms with E-state index in [0.29, 0.717) is 0 Å². The maximum absolute atomic E-state index is 5.79. The highest BCUT2D eigenvalue weighted by molar-refractivity contribution is 4.81. The molecule has 1 aliphatic rings. The number of nitrogens with zero attached hydrogens (tertiary/aromatic N) is 5. The second-order valence-corrected chi connectivity index (χ2v) is 4.79. The molecule has 1 fully saturated rings. The van der Waals surface area contributed by atoms with Crippen LogP contribution in [0.15, 0.2) is 36.9 Å². The molecule has 1 saturated heterocycles. The van der Waals surface area contributed by atoms with Crippen molar-refractivity contribution < 1.29 is 4.74 Å². The minimum atomic E-state index is 0.228. The lowest BCUT2D eigenvalue weighted by Crippen LogP contribution is -2.45. The zero-order chi connectivity index (χ0) is 12.9. The number of hydrogen-bond donors (Lipinski definition) is 0. The average molecular weight is 261 g/mol. The number of rotatable bonds is 5. The fraction of sp³-hybridized carbons (Fsp3) is 0.538. The third kappa shape index (κ3) is 3.42. The highest BCUT2D eigenvalue weighted by Gasteiger charge is 2.20. The minimum absolute atomic E-state index is 0.228. The van der Waals surface area contributed by atoms with E-state index < -0.39 is 0 Å². The molecule has 102 valence electrons. The van der Waals surface area contributed by atoms with E-state index in [1.165, 1.54) is 0 Å². The van der Waals surface area contributed by atoms with Crippen LogP contribution in [-0.4, -0.2) is 56.8 Å². The van der Waals surface area contributed by atoms with Crippen LogP contribution in [0.3, 0.4) is 0 Å². The van der Waals surface area contributed by atoms with Gasteiger partial charge in [0.15, 0.2) is 0 Å². The first-order chi connectivity index (χ1) is 9.40. The van der Waals surface area contributed by atoms with E-state index in [0.717, 1.165) is 39.3 Å². The molecule has 0 aliphatic carbocycles. The van der Waals surface area contributed by atoms with Gasteiger partial charge in [0, 0.05) is 44.4 Å². The van der Waals surface area contributed by atoms with E-state index in [9.17, 15) is 0 Å². The molecule has 3 heterocycles. The molecule has 0 radical (unpaired) electrons. The molecule has 0 amide bonds. The van der Waals surface area contributed by atoms with Crippen molar-refractivity contribution >= 4 is 0 Å². The van der Waals surface area contributed by atoms with Gasteiger partial charge in [0.05, 0.1) is 25.8 Å². The summed E-state index contributed by atoms with van der Waals surface area (Å²) in [4.78, 5) is 2.43. The zero-order valence-corrected chi connectivity index (χ0v) is 10.9. The zero-order valence-electron chi connectivity index (χ0n) is 10.9. The van der Waals surface area contributed by atoms with Gasteiger partial charge in [-0.25, -0.2) is 0 Å². The van der Waals surface area contributed by atoms with Crippen molar-refractivity contribution in [2.45, 2.75) is 19.2 Å². The fourth-order valence-corrected chi connectivity index (χ4v) is 2.39. The molecule has 6 heteroatoms. The highest BCUT2D eigenvalue weighted by atomic mass is 16.5. The van der Waals surface area contributed by atoms with Crippen LogP contribution in [0.2, 0.25) is 0 Å². The quantitative estimate of drug-likeness (QED) is 0.785. The Hall–Kier alpha value is -1.66. The van der Waals surface area contributed by atoms with E-state index in [-0.39, 0.29) is 6.10 Å². The number of morpholine rings is 1. The van der Waals surface area contributed by atoms with E-state index in [4.69, 9.17) is 4.74 Å². The normalized spacial score (nSPS) is 20.7. The average Bonchev–Trinajstić information content (AvgIpc) is 3.10. The van der Waals surface area contributed by atoms with Gasteiger partial charge >= 0.3 is 0 Å². The number of hydrogen-bond acceptors (Lipinski definition) is 4. The second kappa shape index (κ2) is 5.99. The van der Waals surface area contributed by atoms with Gasteiger partial charge in [-0.1, -0.05) is 0 Å². The predicted molar refractivity (Wildman–Crippen MR) is 70.6 cm³/mol. The molecular weight excluding hydrogens is 242 g/mol. The Labute approximate surface area is 112 Å². The van der Waals surface area contributed by atoms with Crippen LogP contribution in [0, 0.1) is 0 Å². The summed E-state index contributed by atoms with van der Waals surface area (Å²) in [5, 5.41) is 8.45. The monoisotopic (exact) mass is 261 g/mol. The molecule has 2 aromatic rings. The Morgan fingerprint density at radius 2 is 1.84 bits per heavy atom. The fourth-order valence-electron chi connectivity index (χ4n) is 2.39. The van der Waals surface area contributed by atoms with Gasteiger partial charge in [0.25, 0.3) is 0 Å². The summed E-state index contributed by atoms with van der Waals surface area (Å²) in [6, 6.07) is 3.90. The van der Waals surface area contributed by atoms with Gasteiger partial charge in [-0.15, -0.1) is 0 Å². The molecule has 0 bridgehead atoms. The van der Waals surface area contributed by atoms with Crippen LogP contribution in [-0.2, 0) is 17.8 Å². The van der Waals surface area contributed by atoms with Gasteiger partial charge in [0.1, 0.15) is 0 Å². The molecule has 3 rings (SSSR count). The second-order valence-electron chi connectivity index (χ2n) is 4.79. The summed E-state index contributed by atoms with van der Waals surface area (Å²) in [6.07, 6.45) is 7.83. The predicted octanol–water partition coefficient (Wildman–Crippen LogP) is 0.481. The highest BCUT2D eigenvalue weighted by Crippen LogP contribution is 2.07. The van der Waals surface area contributed by atoms with E-state index in [1.54, 1.807) is 6.20 Å². The summed E-state index contributed by atoms with van der Waals surface area (Å²) in [7, 11) is 0. The summed E-state index contributed by atoms with van der Waals surface area (Å²) in [5.74, 6) is 0. The molecule has 1 atom stereocenters. The van der Waals surface area contributed by atoms with E-state index >= 15 is 0 Å². The first-order valence-corrected chi connectivity index (χ1v) is 6.69. The van der Waals surface area contributed by atoms with E-state index in [2.05, 4.69) is 15.1 Å². The van der Waals surface area contributed by atoms with Gasteiger partial charge in [0.2, 0.25) is 0 Å². The molecule has 0 spiro atoms. The topological polar surface area (TPSA) is 48.1 Å². The molecule has 1 aliphatic heterocycles. The lowest BCUT2D eigenvalue weighted by atomic mass is 10.2. The Morgan fingerprint density at radius 3 is 2.58 bits per heavy atom. The Morgan fingerprint density at radius 1 is 1.05 bits per heavy atom. The molecule has 0 aromatic carbocycles. The Kier molecular flexibility index (Phi) is 3.90. The molecule has 0 unspecified atom stereocenters. The van der Waals surface area contributed by atoms with Crippen molar-refractivity contribution in [2.75, 3.05) is 26.2 Å². The van der Waals surface area contributed by atoms with Gasteiger partial charge in [-0.3, -0.25) is 14.3 Å². The Bertz CT molecular complexity index is 467. The van der Waals surface area contributed by atoms with Crippen molar-refractivity contribution in [3.63, 3.8) is 0 Å². The maximum atomic E-state index is 5.79. The van der Waals surface area contributed by atoms with Crippen LogP contribution in [0.1, 0.15) is 0 Å². The number of aromatic nitrogens is 4. The maximum Gasteiger partial charge on any atom is 0.0898 e. The van der Waals surface area contributed by atoms with Gasteiger partial charge < -0.3 is 4.74 Å². The lowest BCUT2D eigenvalue weighted by Gasteiger charge is -2.32. The summed E-state index contributed by atoms with van der Waals surface area (Å²) >= 11 is 0. The van der Waals surface area contributed by atoms with Crippen molar-refractivity contribution in [3.05, 3.63) is 36.9 Å². The summed E-state index contributed by atoms with van der Waals surface area (Å²) in [6.45, 7) is 5.52. The minimum Gasteiger partial charge on any atom is -0.374 e. The van der Waals surface area contributed by atoms with Crippen LogP contribution in [0.4, 0.5) is 0 Å². The molecular formula is C13H19N5O. The first kappa shape index (κ1) is 12.4. The van der Waals surface area contributed by atoms with E-state index in [1.807, 2.05) is 40.1 Å². The molecule has 2 aromatic heterocycles. The van der Waals surface area contributed by atoms with Crippen molar-refractivity contribution in [1.82, 2.24) is 24.5 Å². The molecule has 0 saturated carbocycles. The molecule has 6 nitrogen and oxygen atoms in total. The largest absolute Gasteiger partial charge is 0.374 e. The standard InChI is InChI=1S/C13H19N5O/c1-3-14-17(5-1)8-7-16-9-10-19-13(11-16)12-18-6-2-4-15-18/h1-6,13H,7-12H2/t13-/m1/s1. The SMILES string of the molecule is c1cnn(CCN2CCO[C@@H](Cn3cccn3)C2)c1. The smallest absolute Gasteiger partial charge is 0.0898 e. The first-order valence-electron chi connectivity index (χ1n) is 6.69. The van der Waals surface area contributed by atoms with Crippen molar-refractivity contribution in [1.29, 1.82) is 0 Å². The summed E-state index contributed by atoms with van der Waals surface area (Å²) < 4.78 is 9.70. The van der Waals surface area contributed by atoms with Crippen LogP contribution >= 0.6 is 0 Å². The van der Waals surface area contributed by atoms with Crippen LogP contribution < -0.4 is 0 Å². The summed E-state index contributed by atoms with van der Waals surface area (Å²) in [5.41, 5.74) is 0. The van der Waals surface area contributed by atoms with Crippen LogP contribution in [0.5, 0.6) is 0 Å². The van der Waals surface area contributed by atoms with Crippen LogP contribution in [0.25, 0.3) is 0 Å². The number of ether oxygens (including phenoxy) is 1. The van der Waals surface area contributed by atoms with Crippen molar-refractivity contribution in [2.24, 2.45) is 0 Å². The molecule has 19 heavy (non-hydrogen) atoms. The third-order valence-corrected chi connectivity index (χ3v) is 3.38. The Balaban J connectivity index is 1.47. The third-order valence-electron chi connectivity index (χ3n) is 3.38. The van der Waals surface area contributed by atoms with Gasteiger partial charge in [-0.05, 0) is 12.1 Å². The van der Waals surface area contributed by atoms with Crippen molar-refractivity contribution in [3.8, 4) is 0 Å². The van der Waals surface area contributed by atoms with Gasteiger partial charge in [-0.2, -0.15) is 10.2 Å².